The van der Waals surface area contributed by atoms with Crippen LogP contribution in [0.5, 0.6) is 0 Å². The number of nitrogens with zero attached hydrogens (tertiary/aromatic N) is 2. The van der Waals surface area contributed by atoms with E-state index in [0.717, 1.165) is 17.5 Å². The van der Waals surface area contributed by atoms with Gasteiger partial charge in [0.05, 0.1) is 6.04 Å². The SMILES string of the molecule is COCCCN(CC(=O)N1CCc2sccc2C1c1ccc(Cl)cc1)C(=O)NC(C)(C)C. The van der Waals surface area contributed by atoms with Crippen LogP contribution in [0.2, 0.25) is 5.02 Å². The van der Waals surface area contributed by atoms with Crippen LogP contribution in [0.4, 0.5) is 4.79 Å². The van der Waals surface area contributed by atoms with Gasteiger partial charge in [0.15, 0.2) is 0 Å². The number of carbonyl (C=O) groups excluding carboxylic acids is 2. The molecule has 1 N–H and O–H groups in total. The van der Waals surface area contributed by atoms with Crippen molar-refractivity contribution >= 4 is 34.9 Å². The first-order valence-corrected chi connectivity index (χ1v) is 12.1. The third-order valence-corrected chi connectivity index (χ3v) is 6.59. The topological polar surface area (TPSA) is 61.9 Å². The number of carbonyl (C=O) groups is 2. The van der Waals surface area contributed by atoms with Gasteiger partial charge in [0.1, 0.15) is 6.54 Å². The molecule has 0 saturated heterocycles. The molecule has 0 saturated carbocycles. The van der Waals surface area contributed by atoms with Crippen LogP contribution in [-0.4, -0.2) is 60.6 Å². The summed E-state index contributed by atoms with van der Waals surface area (Å²) in [5.74, 6) is -0.0664. The zero-order valence-electron chi connectivity index (χ0n) is 19.2. The minimum Gasteiger partial charge on any atom is -0.385 e. The Morgan fingerprint density at radius 3 is 2.62 bits per heavy atom. The molecule has 3 amide bonds. The van der Waals surface area contributed by atoms with Crippen molar-refractivity contribution in [3.8, 4) is 0 Å². The maximum Gasteiger partial charge on any atom is 0.318 e. The lowest BCUT2D eigenvalue weighted by atomic mass is 9.93. The summed E-state index contributed by atoms with van der Waals surface area (Å²) in [6, 6.07) is 9.34. The molecular weight excluding hydrogens is 446 g/mol. The van der Waals surface area contributed by atoms with Crippen molar-refractivity contribution in [3.05, 3.63) is 56.7 Å². The molecule has 1 aromatic carbocycles. The number of hydrogen-bond acceptors (Lipinski definition) is 4. The molecule has 6 nitrogen and oxygen atoms in total. The van der Waals surface area contributed by atoms with Gasteiger partial charge in [-0.3, -0.25) is 4.79 Å². The van der Waals surface area contributed by atoms with Crippen molar-refractivity contribution < 1.29 is 14.3 Å². The average Bonchev–Trinajstić information content (AvgIpc) is 3.20. The van der Waals surface area contributed by atoms with E-state index in [4.69, 9.17) is 16.3 Å². The smallest absolute Gasteiger partial charge is 0.318 e. The van der Waals surface area contributed by atoms with E-state index in [0.29, 0.717) is 31.1 Å². The number of benzene rings is 1. The molecule has 0 spiro atoms. The number of thiophene rings is 1. The van der Waals surface area contributed by atoms with E-state index in [9.17, 15) is 9.59 Å². The summed E-state index contributed by atoms with van der Waals surface area (Å²) in [5, 5.41) is 5.72. The Balaban J connectivity index is 1.83. The molecule has 1 aliphatic rings. The van der Waals surface area contributed by atoms with Crippen LogP contribution < -0.4 is 5.32 Å². The average molecular weight is 478 g/mol. The summed E-state index contributed by atoms with van der Waals surface area (Å²) < 4.78 is 5.15. The summed E-state index contributed by atoms with van der Waals surface area (Å²) in [7, 11) is 1.63. The number of urea groups is 1. The van der Waals surface area contributed by atoms with Crippen molar-refractivity contribution in [3.63, 3.8) is 0 Å². The fourth-order valence-electron chi connectivity index (χ4n) is 3.90. The molecule has 0 bridgehead atoms. The van der Waals surface area contributed by atoms with Gasteiger partial charge in [-0.2, -0.15) is 0 Å². The Morgan fingerprint density at radius 2 is 1.97 bits per heavy atom. The second kappa shape index (κ2) is 10.7. The standard InChI is InChI=1S/C24H32ClN3O3S/c1-24(2,3)26-23(30)27(12-5-14-31-4)16-21(29)28-13-10-20-19(11-15-32-20)22(28)17-6-8-18(25)9-7-17/h6-9,11,15,22H,5,10,12-14,16H2,1-4H3,(H,26,30). The molecule has 3 rings (SSSR count). The first kappa shape index (κ1) is 24.6. The zero-order valence-corrected chi connectivity index (χ0v) is 20.8. The molecule has 1 unspecified atom stereocenters. The molecule has 0 fully saturated rings. The molecule has 1 aromatic heterocycles. The van der Waals surface area contributed by atoms with Gasteiger partial charge in [-0.1, -0.05) is 23.7 Å². The van der Waals surface area contributed by atoms with Gasteiger partial charge < -0.3 is 19.9 Å². The second-order valence-electron chi connectivity index (χ2n) is 9.04. The van der Waals surface area contributed by atoms with Crippen LogP contribution in [0, 0.1) is 0 Å². The van der Waals surface area contributed by atoms with Gasteiger partial charge in [-0.05, 0) is 68.3 Å². The number of nitrogens with one attached hydrogen (secondary N) is 1. The maximum absolute atomic E-state index is 13.5. The molecule has 2 heterocycles. The Kier molecular flexibility index (Phi) is 8.20. The quantitative estimate of drug-likeness (QED) is 0.587. The third kappa shape index (κ3) is 6.24. The molecule has 1 aliphatic heterocycles. The van der Waals surface area contributed by atoms with E-state index < -0.39 is 0 Å². The monoisotopic (exact) mass is 477 g/mol. The van der Waals surface area contributed by atoms with Crippen molar-refractivity contribution in [2.24, 2.45) is 0 Å². The maximum atomic E-state index is 13.5. The predicted octanol–water partition coefficient (Wildman–Crippen LogP) is 4.72. The number of hydrogen-bond donors (Lipinski definition) is 1. The lowest BCUT2D eigenvalue weighted by molar-refractivity contribution is -0.134. The van der Waals surface area contributed by atoms with Gasteiger partial charge in [-0.15, -0.1) is 11.3 Å². The second-order valence-corrected chi connectivity index (χ2v) is 10.5. The van der Waals surface area contributed by atoms with Gasteiger partial charge in [0, 0.05) is 42.2 Å². The zero-order chi connectivity index (χ0) is 23.3. The van der Waals surface area contributed by atoms with Gasteiger partial charge in [-0.25, -0.2) is 4.79 Å². The molecule has 1 atom stereocenters. The Labute approximate surface area is 199 Å². The van der Waals surface area contributed by atoms with E-state index in [1.807, 2.05) is 49.9 Å². The van der Waals surface area contributed by atoms with E-state index in [1.54, 1.807) is 23.3 Å². The molecule has 0 radical (unpaired) electrons. The van der Waals surface area contributed by atoms with Crippen molar-refractivity contribution in [1.82, 2.24) is 15.1 Å². The Hall–Kier alpha value is -2.09. The summed E-state index contributed by atoms with van der Waals surface area (Å²) >= 11 is 7.83. The fraction of sp³-hybridized carbons (Fsp3) is 0.500. The number of amides is 3. The number of ether oxygens (including phenoxy) is 1. The molecule has 0 aliphatic carbocycles. The lowest BCUT2D eigenvalue weighted by Crippen LogP contribution is -2.53. The van der Waals surface area contributed by atoms with Crippen molar-refractivity contribution in [1.29, 1.82) is 0 Å². The van der Waals surface area contributed by atoms with E-state index in [-0.39, 0.29) is 30.1 Å². The molecule has 8 heteroatoms. The van der Waals surface area contributed by atoms with E-state index in [2.05, 4.69) is 16.8 Å². The minimum atomic E-state index is -0.387. The predicted molar refractivity (Wildman–Crippen MR) is 129 cm³/mol. The minimum absolute atomic E-state index is 0.0230. The van der Waals surface area contributed by atoms with Crippen molar-refractivity contribution in [2.75, 3.05) is 33.4 Å². The van der Waals surface area contributed by atoms with Gasteiger partial charge in [0.2, 0.25) is 5.91 Å². The van der Waals surface area contributed by atoms with E-state index in [1.165, 1.54) is 4.88 Å². The lowest BCUT2D eigenvalue weighted by Gasteiger charge is -2.38. The summed E-state index contributed by atoms with van der Waals surface area (Å²) in [6.45, 7) is 7.41. The van der Waals surface area contributed by atoms with Crippen LogP contribution in [0.25, 0.3) is 0 Å². The van der Waals surface area contributed by atoms with E-state index >= 15 is 0 Å². The highest BCUT2D eigenvalue weighted by Gasteiger charge is 2.34. The molecule has 2 aromatic rings. The van der Waals surface area contributed by atoms with Crippen LogP contribution >= 0.6 is 22.9 Å². The third-order valence-electron chi connectivity index (χ3n) is 5.34. The Bertz CT molecular complexity index is 923. The van der Waals surface area contributed by atoms with Crippen LogP contribution in [-0.2, 0) is 16.0 Å². The van der Waals surface area contributed by atoms with Crippen LogP contribution in [0.15, 0.2) is 35.7 Å². The number of fused-ring (bicyclic) bond motifs is 1. The largest absolute Gasteiger partial charge is 0.385 e. The van der Waals surface area contributed by atoms with Gasteiger partial charge >= 0.3 is 6.03 Å². The molecular formula is C24H32ClN3O3S. The highest BCUT2D eigenvalue weighted by Crippen LogP contribution is 2.38. The van der Waals surface area contributed by atoms with Crippen LogP contribution in [0.1, 0.15) is 49.2 Å². The summed E-state index contributed by atoms with van der Waals surface area (Å²) in [5.41, 5.74) is 1.79. The number of methoxy groups -OCH3 is 1. The van der Waals surface area contributed by atoms with Crippen LogP contribution in [0.3, 0.4) is 0 Å². The number of rotatable bonds is 7. The van der Waals surface area contributed by atoms with Crippen molar-refractivity contribution in [2.45, 2.75) is 45.2 Å². The normalized spacial score (nSPS) is 15.9. The molecule has 174 valence electrons. The Morgan fingerprint density at radius 1 is 1.25 bits per heavy atom. The highest BCUT2D eigenvalue weighted by atomic mass is 35.5. The fourth-order valence-corrected chi connectivity index (χ4v) is 4.93. The first-order chi connectivity index (χ1) is 15.2. The highest BCUT2D eigenvalue weighted by molar-refractivity contribution is 7.10. The van der Waals surface area contributed by atoms with Gasteiger partial charge in [0.25, 0.3) is 0 Å². The molecule has 32 heavy (non-hydrogen) atoms. The first-order valence-electron chi connectivity index (χ1n) is 10.9. The number of halogens is 1. The summed E-state index contributed by atoms with van der Waals surface area (Å²) in [6.07, 6.45) is 1.48. The summed E-state index contributed by atoms with van der Waals surface area (Å²) in [4.78, 5) is 31.2.